The van der Waals surface area contributed by atoms with Crippen molar-refractivity contribution in [1.29, 1.82) is 0 Å². The van der Waals surface area contributed by atoms with Crippen LogP contribution >= 0.6 is 0 Å². The van der Waals surface area contributed by atoms with E-state index < -0.39 is 11.0 Å². The third-order valence-electron chi connectivity index (χ3n) is 1.79. The van der Waals surface area contributed by atoms with Gasteiger partial charge in [-0.25, -0.2) is 19.7 Å². The first-order valence-corrected chi connectivity index (χ1v) is 4.09. The van der Waals surface area contributed by atoms with Gasteiger partial charge < -0.3 is 15.2 Å². The monoisotopic (exact) mass is 213 g/mol. The molecule has 0 fully saturated rings. The molecule has 0 spiro atoms. The summed E-state index contributed by atoms with van der Waals surface area (Å²) in [4.78, 5) is 23.8. The Kier molecular flexibility index (Phi) is 3.21. The molecule has 1 heterocycles. The Bertz CT molecular complexity index is 386. The SMILES string of the molecule is Cc1ncc([N+](=O)[O-])n1CC[N]C(=O)O. The summed E-state index contributed by atoms with van der Waals surface area (Å²) < 4.78 is 1.31. The van der Waals surface area contributed by atoms with E-state index in [4.69, 9.17) is 5.11 Å². The number of amides is 1. The fourth-order valence-corrected chi connectivity index (χ4v) is 1.12. The molecule has 0 aliphatic rings. The second kappa shape index (κ2) is 4.40. The van der Waals surface area contributed by atoms with E-state index in [0.29, 0.717) is 5.82 Å². The third-order valence-corrected chi connectivity index (χ3v) is 1.79. The lowest BCUT2D eigenvalue weighted by atomic mass is 10.5. The third kappa shape index (κ3) is 2.66. The minimum atomic E-state index is -1.28. The lowest BCUT2D eigenvalue weighted by Crippen LogP contribution is -2.19. The predicted octanol–water partition coefficient (Wildman–Crippen LogP) is 0.382. The highest BCUT2D eigenvalue weighted by Gasteiger charge is 2.17. The molecule has 1 radical (unpaired) electrons. The Morgan fingerprint density at radius 3 is 3.00 bits per heavy atom. The van der Waals surface area contributed by atoms with E-state index in [1.807, 2.05) is 0 Å². The summed E-state index contributed by atoms with van der Waals surface area (Å²) in [5.74, 6) is 0.301. The zero-order valence-electron chi connectivity index (χ0n) is 7.95. The maximum Gasteiger partial charge on any atom is 0.426 e. The van der Waals surface area contributed by atoms with Gasteiger partial charge in [0.1, 0.15) is 12.7 Å². The van der Waals surface area contributed by atoms with E-state index in [9.17, 15) is 14.9 Å². The number of carbonyl (C=O) groups is 1. The Morgan fingerprint density at radius 2 is 2.47 bits per heavy atom. The van der Waals surface area contributed by atoms with Crippen LogP contribution in [0.25, 0.3) is 0 Å². The topological polar surface area (TPSA) is 112 Å². The van der Waals surface area contributed by atoms with Crippen molar-refractivity contribution in [2.24, 2.45) is 0 Å². The van der Waals surface area contributed by atoms with Gasteiger partial charge in [0, 0.05) is 6.92 Å². The van der Waals surface area contributed by atoms with Crippen LogP contribution in [0, 0.1) is 17.0 Å². The van der Waals surface area contributed by atoms with Crippen molar-refractivity contribution in [3.05, 3.63) is 22.1 Å². The van der Waals surface area contributed by atoms with Gasteiger partial charge in [-0.15, -0.1) is 0 Å². The highest BCUT2D eigenvalue weighted by Crippen LogP contribution is 2.12. The summed E-state index contributed by atoms with van der Waals surface area (Å²) in [6.07, 6.45) is -0.147. The van der Waals surface area contributed by atoms with Crippen LogP contribution in [0.1, 0.15) is 5.82 Å². The zero-order chi connectivity index (χ0) is 11.4. The van der Waals surface area contributed by atoms with Crippen molar-refractivity contribution >= 4 is 11.9 Å². The van der Waals surface area contributed by atoms with Crippen molar-refractivity contribution in [3.8, 4) is 0 Å². The van der Waals surface area contributed by atoms with Crippen LogP contribution < -0.4 is 5.32 Å². The summed E-state index contributed by atoms with van der Waals surface area (Å²) in [6.45, 7) is 1.72. The van der Waals surface area contributed by atoms with Gasteiger partial charge in [0.15, 0.2) is 5.82 Å². The molecule has 0 aliphatic heterocycles. The van der Waals surface area contributed by atoms with Crippen molar-refractivity contribution in [2.75, 3.05) is 6.54 Å². The molecule has 1 rings (SSSR count). The van der Waals surface area contributed by atoms with Gasteiger partial charge in [-0.05, 0) is 4.92 Å². The van der Waals surface area contributed by atoms with E-state index in [2.05, 4.69) is 10.3 Å². The quantitative estimate of drug-likeness (QED) is 0.573. The van der Waals surface area contributed by atoms with E-state index in [1.165, 1.54) is 4.57 Å². The molecule has 0 bridgehead atoms. The summed E-state index contributed by atoms with van der Waals surface area (Å²) in [5, 5.41) is 22.0. The Balaban J connectivity index is 2.70. The number of nitrogens with zero attached hydrogens (tertiary/aromatic N) is 4. The molecule has 15 heavy (non-hydrogen) atoms. The number of rotatable bonds is 4. The second-order valence-electron chi connectivity index (χ2n) is 2.74. The van der Waals surface area contributed by atoms with Crippen molar-refractivity contribution in [2.45, 2.75) is 13.5 Å². The van der Waals surface area contributed by atoms with Crippen molar-refractivity contribution < 1.29 is 14.8 Å². The van der Waals surface area contributed by atoms with E-state index >= 15 is 0 Å². The van der Waals surface area contributed by atoms with Crippen LogP contribution in [-0.2, 0) is 6.54 Å². The summed E-state index contributed by atoms with van der Waals surface area (Å²) in [7, 11) is 0. The average molecular weight is 213 g/mol. The molecular formula is C7H9N4O4. The lowest BCUT2D eigenvalue weighted by Gasteiger charge is -2.00. The van der Waals surface area contributed by atoms with Crippen LogP contribution in [0.2, 0.25) is 0 Å². The highest BCUT2D eigenvalue weighted by atomic mass is 16.6. The van der Waals surface area contributed by atoms with Gasteiger partial charge in [-0.2, -0.15) is 0 Å². The molecule has 1 aromatic heterocycles. The standard InChI is InChI=1S/C7H9N4O4/c1-5-9-4-6(11(14)15)10(5)3-2-8-7(12)13/h4H,2-3H2,1H3,(H,12,13). The minimum absolute atomic E-state index is 0.0205. The number of aryl methyl sites for hydroxylation is 1. The molecule has 0 saturated carbocycles. The van der Waals surface area contributed by atoms with Gasteiger partial charge >= 0.3 is 11.9 Å². The summed E-state index contributed by atoms with van der Waals surface area (Å²) in [5.41, 5.74) is 0. The minimum Gasteiger partial charge on any atom is -0.464 e. The lowest BCUT2D eigenvalue weighted by molar-refractivity contribution is -0.392. The van der Waals surface area contributed by atoms with E-state index in [1.54, 1.807) is 6.92 Å². The molecule has 0 unspecified atom stereocenters. The summed E-state index contributed by atoms with van der Waals surface area (Å²) in [6, 6.07) is 0. The number of hydrogen-bond donors (Lipinski definition) is 1. The average Bonchev–Trinajstić information content (AvgIpc) is 2.47. The molecule has 1 amide bonds. The molecule has 0 aliphatic carbocycles. The van der Waals surface area contributed by atoms with E-state index in [0.717, 1.165) is 6.20 Å². The second-order valence-corrected chi connectivity index (χ2v) is 2.74. The van der Waals surface area contributed by atoms with Gasteiger partial charge in [0.05, 0.1) is 6.54 Å². The Morgan fingerprint density at radius 1 is 1.80 bits per heavy atom. The van der Waals surface area contributed by atoms with Crippen LogP contribution in [0.3, 0.4) is 0 Å². The van der Waals surface area contributed by atoms with Gasteiger partial charge in [0.2, 0.25) is 0 Å². The molecule has 0 aromatic carbocycles. The predicted molar refractivity (Wildman–Crippen MR) is 48.6 cm³/mol. The van der Waals surface area contributed by atoms with Crippen molar-refractivity contribution in [3.63, 3.8) is 0 Å². The van der Waals surface area contributed by atoms with Gasteiger partial charge in [0.25, 0.3) is 0 Å². The Labute approximate surface area is 84.7 Å². The smallest absolute Gasteiger partial charge is 0.426 e. The van der Waals surface area contributed by atoms with Crippen LogP contribution in [-0.4, -0.2) is 32.2 Å². The summed E-state index contributed by atoms with van der Waals surface area (Å²) >= 11 is 0. The fourth-order valence-electron chi connectivity index (χ4n) is 1.12. The van der Waals surface area contributed by atoms with E-state index in [-0.39, 0.29) is 18.9 Å². The molecule has 0 atom stereocenters. The maximum atomic E-state index is 10.5. The maximum absolute atomic E-state index is 10.5. The molecule has 1 N–H and O–H groups in total. The molecule has 0 saturated heterocycles. The first-order chi connectivity index (χ1) is 7.02. The first kappa shape index (κ1) is 11.0. The number of hydrogen-bond acceptors (Lipinski definition) is 4. The van der Waals surface area contributed by atoms with Gasteiger partial charge in [-0.3, -0.25) is 0 Å². The number of aromatic nitrogens is 2. The number of nitro groups is 1. The molecule has 8 nitrogen and oxygen atoms in total. The largest absolute Gasteiger partial charge is 0.464 e. The van der Waals surface area contributed by atoms with Crippen molar-refractivity contribution in [1.82, 2.24) is 14.9 Å². The normalized spacial score (nSPS) is 9.93. The van der Waals surface area contributed by atoms with Crippen LogP contribution in [0.5, 0.6) is 0 Å². The molecule has 1 aromatic rings. The number of carboxylic acid groups (broad SMARTS) is 1. The van der Waals surface area contributed by atoms with Gasteiger partial charge in [-0.1, -0.05) is 0 Å². The molecular weight excluding hydrogens is 204 g/mol. The highest BCUT2D eigenvalue weighted by molar-refractivity contribution is 5.63. The van der Waals surface area contributed by atoms with Crippen LogP contribution in [0.4, 0.5) is 10.6 Å². The fraction of sp³-hybridized carbons (Fsp3) is 0.429. The first-order valence-electron chi connectivity index (χ1n) is 4.09. The molecule has 8 heteroatoms. The number of imidazole rings is 1. The molecule has 81 valence electrons. The van der Waals surface area contributed by atoms with Crippen LogP contribution in [0.15, 0.2) is 6.20 Å². The Hall–Kier alpha value is -2.12. The zero-order valence-corrected chi connectivity index (χ0v) is 7.95.